The van der Waals surface area contributed by atoms with Gasteiger partial charge in [0.2, 0.25) is 0 Å². The molecule has 3 saturated heterocycles. The Bertz CT molecular complexity index is 1780. The monoisotopic (exact) mass is 927 g/mol. The van der Waals surface area contributed by atoms with E-state index >= 15 is 0 Å². The Morgan fingerprint density at radius 3 is 2.00 bits per heavy atom. The van der Waals surface area contributed by atoms with Crippen molar-refractivity contribution in [3.63, 3.8) is 0 Å². The van der Waals surface area contributed by atoms with E-state index in [-0.39, 0.29) is 39.1 Å². The molecule has 8 aliphatic rings. The maximum Gasteiger partial charge on any atom is 0.337 e. The fourth-order valence-corrected chi connectivity index (χ4v) is 15.0. The lowest BCUT2D eigenvalue weighted by molar-refractivity contribution is -0.392. The molecule has 5 aliphatic carbocycles. The van der Waals surface area contributed by atoms with Crippen LogP contribution in [0.3, 0.4) is 0 Å². The number of aliphatic hydroxyl groups excluding tert-OH is 9. The quantitative estimate of drug-likeness (QED) is 0.0948. The Morgan fingerprint density at radius 2 is 1.34 bits per heavy atom. The van der Waals surface area contributed by atoms with E-state index in [1.165, 1.54) is 0 Å². The lowest BCUT2D eigenvalue weighted by Crippen LogP contribution is -2.68. The zero-order valence-electron chi connectivity index (χ0n) is 39.6. The first kappa shape index (κ1) is 50.0. The summed E-state index contributed by atoms with van der Waals surface area (Å²) in [5, 5.41) is 97.9. The number of carbonyl (C=O) groups is 1. The van der Waals surface area contributed by atoms with Gasteiger partial charge in [-0.05, 0) is 103 Å². The van der Waals surface area contributed by atoms with E-state index in [1.54, 1.807) is 5.57 Å². The summed E-state index contributed by atoms with van der Waals surface area (Å²) >= 11 is 0. The molecule has 7 fully saturated rings. The van der Waals surface area contributed by atoms with Crippen LogP contribution in [0, 0.1) is 50.2 Å². The highest BCUT2D eigenvalue weighted by molar-refractivity contribution is 5.75. The van der Waals surface area contributed by atoms with Crippen molar-refractivity contribution < 1.29 is 83.9 Å². The van der Waals surface area contributed by atoms with Gasteiger partial charge in [0.1, 0.15) is 61.0 Å². The maximum absolute atomic E-state index is 13.0. The molecule has 0 aromatic heterocycles. The number of aliphatic hydroxyl groups is 9. The number of rotatable bonds is 8. The number of fused-ring (bicyclic) bond motifs is 7. The molecule has 17 heteroatoms. The minimum atomic E-state index is -1.88. The molecule has 4 saturated carbocycles. The molecule has 372 valence electrons. The normalized spacial score (nSPS) is 53.9. The van der Waals surface area contributed by atoms with E-state index in [1.807, 2.05) is 0 Å². The number of allylic oxidation sites excluding steroid dienone is 2. The van der Waals surface area contributed by atoms with Crippen LogP contribution in [0.2, 0.25) is 0 Å². The van der Waals surface area contributed by atoms with Crippen LogP contribution in [0.15, 0.2) is 11.6 Å². The van der Waals surface area contributed by atoms with E-state index in [2.05, 4.69) is 61.5 Å². The molecule has 0 radical (unpaired) electrons. The van der Waals surface area contributed by atoms with Crippen LogP contribution in [0.5, 0.6) is 0 Å². The van der Waals surface area contributed by atoms with Crippen LogP contribution in [0.25, 0.3) is 0 Å². The third-order valence-corrected chi connectivity index (χ3v) is 19.2. The lowest BCUT2D eigenvalue weighted by Gasteiger charge is -2.71. The summed E-state index contributed by atoms with van der Waals surface area (Å²) in [4.78, 5) is 13.0. The molecule has 9 N–H and O–H groups in total. The first-order valence-corrected chi connectivity index (χ1v) is 24.0. The Hall–Kier alpha value is -1.39. The SMILES string of the molecule is COC(=O)[C@H]1O[C@@H](O[C@H]2CC[C@]3(C)[C@H]4CC=C5[C@@H]6CC(C)(C)C[C@@H](O)[C@]6(C)CC[C@@]5(C)[C@]4(C)CC[C@H]3C2(C)C)[C@H](O[C@@H]2O[C@H](CO)[C@H](O)[C@H](O)[C@H]2O[C@@H]2OC[C@@H](O)[C@H](O)[C@H]2O)[C@@H](O)[C@@H]1O. The van der Waals surface area contributed by atoms with Crippen molar-refractivity contribution in [1.82, 2.24) is 0 Å². The number of hydrogen-bond donors (Lipinski definition) is 9. The van der Waals surface area contributed by atoms with Crippen LogP contribution in [0.4, 0.5) is 0 Å². The average Bonchev–Trinajstić information content (AvgIpc) is 3.24. The molecular formula is C48H78O17. The van der Waals surface area contributed by atoms with E-state index < -0.39 is 117 Å². The highest BCUT2D eigenvalue weighted by atomic mass is 16.8. The van der Waals surface area contributed by atoms with Crippen molar-refractivity contribution in [3.8, 4) is 0 Å². The zero-order valence-corrected chi connectivity index (χ0v) is 39.6. The number of carbonyl (C=O) groups excluding carboxylic acids is 1. The number of ether oxygens (including phenoxy) is 7. The summed E-state index contributed by atoms with van der Waals surface area (Å²) in [6, 6.07) is 0. The number of esters is 1. The van der Waals surface area contributed by atoms with Crippen molar-refractivity contribution in [2.45, 2.75) is 211 Å². The van der Waals surface area contributed by atoms with Crippen LogP contribution >= 0.6 is 0 Å². The van der Waals surface area contributed by atoms with Gasteiger partial charge in [-0.2, -0.15) is 0 Å². The van der Waals surface area contributed by atoms with Crippen LogP contribution in [0.1, 0.15) is 113 Å². The van der Waals surface area contributed by atoms with Crippen molar-refractivity contribution >= 4 is 5.97 Å². The molecule has 0 amide bonds. The van der Waals surface area contributed by atoms with Gasteiger partial charge >= 0.3 is 5.97 Å². The zero-order chi connectivity index (χ0) is 47.6. The third-order valence-electron chi connectivity index (χ3n) is 19.2. The second kappa shape index (κ2) is 17.5. The Morgan fingerprint density at radius 1 is 0.692 bits per heavy atom. The van der Waals surface area contributed by atoms with Gasteiger partial charge in [-0.25, -0.2) is 4.79 Å². The Balaban J connectivity index is 1.07. The van der Waals surface area contributed by atoms with Gasteiger partial charge in [-0.3, -0.25) is 0 Å². The molecule has 0 aromatic rings. The van der Waals surface area contributed by atoms with Crippen molar-refractivity contribution in [2.75, 3.05) is 20.3 Å². The van der Waals surface area contributed by atoms with E-state index in [0.717, 1.165) is 58.5 Å². The third kappa shape index (κ3) is 7.90. The summed E-state index contributed by atoms with van der Waals surface area (Å²) in [6.45, 7) is 17.6. The molecule has 17 nitrogen and oxygen atoms in total. The second-order valence-electron chi connectivity index (χ2n) is 23.5. The Labute approximate surface area is 382 Å². The molecule has 23 atom stereocenters. The highest BCUT2D eigenvalue weighted by Crippen LogP contribution is 2.76. The van der Waals surface area contributed by atoms with Crippen LogP contribution in [-0.2, 0) is 38.0 Å². The van der Waals surface area contributed by atoms with Crippen molar-refractivity contribution in [3.05, 3.63) is 11.6 Å². The summed E-state index contributed by atoms with van der Waals surface area (Å²) in [5.74, 6) is -0.0814. The number of hydrogen-bond acceptors (Lipinski definition) is 17. The van der Waals surface area contributed by atoms with Gasteiger partial charge < -0.3 is 79.1 Å². The Kier molecular flexibility index (Phi) is 13.4. The summed E-state index contributed by atoms with van der Waals surface area (Å²) in [6.07, 6.45) is -13.7. The second-order valence-corrected chi connectivity index (χ2v) is 23.5. The van der Waals surface area contributed by atoms with E-state index in [9.17, 15) is 50.8 Å². The summed E-state index contributed by atoms with van der Waals surface area (Å²) in [5.41, 5.74) is 0.872. The van der Waals surface area contributed by atoms with Crippen molar-refractivity contribution in [1.29, 1.82) is 0 Å². The predicted molar refractivity (Wildman–Crippen MR) is 229 cm³/mol. The van der Waals surface area contributed by atoms with Gasteiger partial charge in [-0.1, -0.05) is 67.0 Å². The van der Waals surface area contributed by atoms with Gasteiger partial charge in [0.05, 0.1) is 32.5 Å². The molecule has 65 heavy (non-hydrogen) atoms. The summed E-state index contributed by atoms with van der Waals surface area (Å²) in [7, 11) is 1.12. The van der Waals surface area contributed by atoms with Crippen LogP contribution in [-0.4, -0.2) is 170 Å². The topological polar surface area (TPSA) is 264 Å². The smallest absolute Gasteiger partial charge is 0.337 e. The fourth-order valence-electron chi connectivity index (χ4n) is 15.0. The van der Waals surface area contributed by atoms with Gasteiger partial charge in [0.15, 0.2) is 25.0 Å². The molecule has 0 unspecified atom stereocenters. The summed E-state index contributed by atoms with van der Waals surface area (Å²) < 4.78 is 41.5. The minimum Gasteiger partial charge on any atom is -0.467 e. The first-order chi connectivity index (χ1) is 30.3. The molecule has 8 rings (SSSR count). The number of methoxy groups -OCH3 is 1. The lowest BCUT2D eigenvalue weighted by atomic mass is 9.33. The van der Waals surface area contributed by atoms with Gasteiger partial charge in [0.25, 0.3) is 0 Å². The van der Waals surface area contributed by atoms with Crippen molar-refractivity contribution in [2.24, 2.45) is 50.2 Å². The molecule has 0 bridgehead atoms. The maximum atomic E-state index is 13.0. The fraction of sp³-hybridized carbons (Fsp3) is 0.938. The molecule has 3 heterocycles. The van der Waals surface area contributed by atoms with Gasteiger partial charge in [-0.15, -0.1) is 0 Å². The first-order valence-electron chi connectivity index (χ1n) is 24.0. The molecule has 0 spiro atoms. The predicted octanol–water partition coefficient (Wildman–Crippen LogP) is 1.43. The molecule has 0 aromatic carbocycles. The largest absolute Gasteiger partial charge is 0.467 e. The minimum absolute atomic E-state index is 0.0131. The highest BCUT2D eigenvalue weighted by Gasteiger charge is 2.69. The van der Waals surface area contributed by atoms with E-state index in [0.29, 0.717) is 18.3 Å². The molecular weight excluding hydrogens is 849 g/mol. The standard InChI is InChI=1S/C48H78O17/c1-43(2)18-23-22-10-11-27-46(6)14-13-29(44(3,4)26(46)12-15-48(27,8)47(22,7)17-16-45(23,5)28(51)19-43)62-42-38(34(56)33(55)36(63-42)39(58)59-9)65-41-37(32(54)31(53)25(20-49)61-41)64-40-35(57)30(52)24(50)21-60-40/h10,23-38,40-42,49-57H,11-21H2,1-9H3/t23-,24+,25+,26-,27+,28+,29-,30-,31-,32-,33-,34-,35+,36-,37+,38+,40-,41-,42+,45+,46-,47+,48+/m0/s1. The van der Waals surface area contributed by atoms with Crippen LogP contribution < -0.4 is 0 Å². The average molecular weight is 927 g/mol. The van der Waals surface area contributed by atoms with Gasteiger partial charge in [0, 0.05) is 5.41 Å². The van der Waals surface area contributed by atoms with E-state index in [4.69, 9.17) is 33.2 Å². The molecule has 3 aliphatic heterocycles.